The molecule has 4 aliphatic rings. The number of carbonyl (C=O) groups is 3. The van der Waals surface area contributed by atoms with Crippen LogP contribution in [0.5, 0.6) is 11.5 Å². The Kier molecular flexibility index (Phi) is 7.59. The van der Waals surface area contributed by atoms with Gasteiger partial charge in [0.15, 0.2) is 12.1 Å². The quantitative estimate of drug-likeness (QED) is 0.339. The van der Waals surface area contributed by atoms with E-state index in [1.54, 1.807) is 26.4 Å². The van der Waals surface area contributed by atoms with Crippen molar-refractivity contribution in [2.45, 2.75) is 44.3 Å². The van der Waals surface area contributed by atoms with E-state index in [4.69, 9.17) is 14.6 Å². The second-order valence-electron chi connectivity index (χ2n) is 11.9. The Morgan fingerprint density at radius 3 is 2.24 bits per heavy atom. The van der Waals surface area contributed by atoms with Gasteiger partial charge in [0.1, 0.15) is 18.0 Å². The molecule has 1 aliphatic carbocycles. The molecular formula is C35H34N6O5. The first-order valence-corrected chi connectivity index (χ1v) is 15.4. The smallest absolute Gasteiger partial charge is 0.264 e. The van der Waals surface area contributed by atoms with Crippen LogP contribution in [0.1, 0.15) is 42.0 Å². The summed E-state index contributed by atoms with van der Waals surface area (Å²) in [6.07, 6.45) is 4.79. The summed E-state index contributed by atoms with van der Waals surface area (Å²) in [5, 5.41) is 16.1. The minimum absolute atomic E-state index is 0.0183. The number of hydrogen-bond acceptors (Lipinski definition) is 9. The molecule has 1 saturated carbocycles. The maximum atomic E-state index is 14.2. The SMILES string of the molecule is COc1ccc(C=C2CCCC3C2=NN(C(=O)CN2N=NC4C(=O)N(c5ccc(C)cc5)C(=O)C42)C3c2ccc(OC)cc2)cc1. The third kappa shape index (κ3) is 5.11. The van der Waals surface area contributed by atoms with Gasteiger partial charge in [-0.1, -0.05) is 47.2 Å². The average Bonchev–Trinajstić information content (AvgIpc) is 3.75. The van der Waals surface area contributed by atoms with Crippen LogP contribution in [0.3, 0.4) is 0 Å². The van der Waals surface area contributed by atoms with Crippen molar-refractivity contribution in [3.63, 3.8) is 0 Å². The summed E-state index contributed by atoms with van der Waals surface area (Å²) in [6.45, 7) is 1.68. The summed E-state index contributed by atoms with van der Waals surface area (Å²) in [6, 6.07) is 20.4. The molecule has 3 amide bonds. The molecule has 2 fully saturated rings. The molecule has 11 nitrogen and oxygen atoms in total. The normalized spacial score (nSPS) is 24.4. The first kappa shape index (κ1) is 29.4. The predicted molar refractivity (Wildman–Crippen MR) is 171 cm³/mol. The number of nitrogens with zero attached hydrogens (tertiary/aromatic N) is 6. The molecule has 3 aromatic carbocycles. The van der Waals surface area contributed by atoms with Crippen molar-refractivity contribution in [1.82, 2.24) is 10.0 Å². The molecule has 3 heterocycles. The van der Waals surface area contributed by atoms with E-state index in [9.17, 15) is 14.4 Å². The van der Waals surface area contributed by atoms with Crippen molar-refractivity contribution < 1.29 is 23.9 Å². The standard InChI is InChI=1S/C35H34N6O5/c1-21-7-13-25(14-8-21)40-34(43)31-33(35(40)44)39(38-36-31)20-29(42)41-32(23-11-17-27(46-3)18-12-23)28-6-4-5-24(30(28)37-41)19-22-9-15-26(45-2)16-10-22/h7-19,28,31-33H,4-6,20H2,1-3H3. The Hall–Kier alpha value is -5.32. The van der Waals surface area contributed by atoms with Gasteiger partial charge < -0.3 is 9.47 Å². The molecule has 3 aromatic rings. The van der Waals surface area contributed by atoms with E-state index >= 15 is 0 Å². The second-order valence-corrected chi connectivity index (χ2v) is 11.9. The zero-order valence-electron chi connectivity index (χ0n) is 25.9. The number of carbonyl (C=O) groups excluding carboxylic acids is 3. The van der Waals surface area contributed by atoms with Crippen LogP contribution in [0.4, 0.5) is 5.69 Å². The van der Waals surface area contributed by atoms with Crippen molar-refractivity contribution in [3.05, 3.63) is 95.1 Å². The lowest BCUT2D eigenvalue weighted by atomic mass is 9.77. The van der Waals surface area contributed by atoms with E-state index in [0.717, 1.165) is 63.6 Å². The van der Waals surface area contributed by atoms with E-state index in [-0.39, 0.29) is 24.4 Å². The molecule has 0 radical (unpaired) electrons. The zero-order chi connectivity index (χ0) is 31.9. The average molecular weight is 619 g/mol. The summed E-state index contributed by atoms with van der Waals surface area (Å²) in [7, 11) is 3.26. The molecule has 0 N–H and O–H groups in total. The Bertz CT molecular complexity index is 1770. The van der Waals surface area contributed by atoms with E-state index < -0.39 is 23.9 Å². The lowest BCUT2D eigenvalue weighted by Crippen LogP contribution is -2.45. The molecule has 0 aromatic heterocycles. The van der Waals surface area contributed by atoms with Crippen molar-refractivity contribution in [2.24, 2.45) is 21.4 Å². The highest BCUT2D eigenvalue weighted by molar-refractivity contribution is 6.25. The third-order valence-electron chi connectivity index (χ3n) is 9.12. The first-order valence-electron chi connectivity index (χ1n) is 15.4. The van der Waals surface area contributed by atoms with E-state index in [1.165, 1.54) is 10.0 Å². The van der Waals surface area contributed by atoms with E-state index in [2.05, 4.69) is 16.4 Å². The van der Waals surface area contributed by atoms with Gasteiger partial charge in [-0.25, -0.2) is 9.91 Å². The third-order valence-corrected chi connectivity index (χ3v) is 9.12. The molecule has 11 heteroatoms. The maximum absolute atomic E-state index is 14.2. The summed E-state index contributed by atoms with van der Waals surface area (Å²) in [5.74, 6) is 0.249. The molecular weight excluding hydrogens is 584 g/mol. The number of ether oxygens (including phenoxy) is 2. The minimum Gasteiger partial charge on any atom is -0.497 e. The van der Waals surface area contributed by atoms with Gasteiger partial charge in [0.2, 0.25) is 0 Å². The largest absolute Gasteiger partial charge is 0.497 e. The van der Waals surface area contributed by atoms with Crippen LogP contribution in [0.2, 0.25) is 0 Å². The van der Waals surface area contributed by atoms with E-state index in [1.807, 2.05) is 67.6 Å². The van der Waals surface area contributed by atoms with E-state index in [0.29, 0.717) is 5.69 Å². The van der Waals surface area contributed by atoms with Crippen molar-refractivity contribution in [3.8, 4) is 11.5 Å². The maximum Gasteiger partial charge on any atom is 0.264 e. The monoisotopic (exact) mass is 618 g/mol. The highest BCUT2D eigenvalue weighted by atomic mass is 16.5. The summed E-state index contributed by atoms with van der Waals surface area (Å²) in [5.41, 5.74) is 5.41. The van der Waals surface area contributed by atoms with Crippen LogP contribution in [0.15, 0.2) is 93.8 Å². The number of anilines is 1. The zero-order valence-corrected chi connectivity index (χ0v) is 25.9. The number of amides is 3. The van der Waals surface area contributed by atoms with Crippen molar-refractivity contribution in [2.75, 3.05) is 25.7 Å². The molecule has 7 rings (SSSR count). The van der Waals surface area contributed by atoms with Gasteiger partial charge in [-0.2, -0.15) is 10.2 Å². The lowest BCUT2D eigenvalue weighted by molar-refractivity contribution is -0.136. The summed E-state index contributed by atoms with van der Waals surface area (Å²) in [4.78, 5) is 42.1. The minimum atomic E-state index is -0.995. The Morgan fingerprint density at radius 1 is 0.891 bits per heavy atom. The molecule has 3 aliphatic heterocycles. The number of methoxy groups -OCH3 is 2. The summed E-state index contributed by atoms with van der Waals surface area (Å²) < 4.78 is 10.7. The fraction of sp³-hybridized carbons (Fsp3) is 0.314. The number of rotatable bonds is 7. The Labute approximate surface area is 266 Å². The number of allylic oxidation sites excluding steroid dienone is 1. The molecule has 0 spiro atoms. The highest BCUT2D eigenvalue weighted by Gasteiger charge is 2.55. The first-order chi connectivity index (χ1) is 22.4. The fourth-order valence-electron chi connectivity index (χ4n) is 6.76. The van der Waals surface area contributed by atoms with Crippen LogP contribution in [0, 0.1) is 12.8 Å². The second kappa shape index (κ2) is 11.9. The molecule has 1 saturated heterocycles. The van der Waals surface area contributed by atoms with Crippen molar-refractivity contribution in [1.29, 1.82) is 0 Å². The summed E-state index contributed by atoms with van der Waals surface area (Å²) >= 11 is 0. The van der Waals surface area contributed by atoms with Gasteiger partial charge in [-0.3, -0.25) is 19.4 Å². The number of benzene rings is 3. The number of aryl methyl sites for hydroxylation is 1. The molecule has 46 heavy (non-hydrogen) atoms. The van der Waals surface area contributed by atoms with Crippen LogP contribution in [0.25, 0.3) is 6.08 Å². The van der Waals surface area contributed by atoms with Gasteiger partial charge in [0.25, 0.3) is 17.7 Å². The lowest BCUT2D eigenvalue weighted by Gasteiger charge is -2.30. The van der Waals surface area contributed by atoms with Crippen LogP contribution in [-0.4, -0.2) is 66.3 Å². The number of imide groups is 1. The van der Waals surface area contributed by atoms with Gasteiger partial charge in [0.05, 0.1) is 31.7 Å². The predicted octanol–water partition coefficient (Wildman–Crippen LogP) is 5.13. The van der Waals surface area contributed by atoms with Crippen LogP contribution < -0.4 is 14.4 Å². The Balaban J connectivity index is 1.18. The highest BCUT2D eigenvalue weighted by Crippen LogP contribution is 2.45. The Morgan fingerprint density at radius 2 is 1.57 bits per heavy atom. The van der Waals surface area contributed by atoms with Crippen LogP contribution >= 0.6 is 0 Å². The molecule has 0 bridgehead atoms. The van der Waals surface area contributed by atoms with Gasteiger partial charge in [0, 0.05) is 5.92 Å². The molecule has 234 valence electrons. The number of hydrazone groups is 1. The van der Waals surface area contributed by atoms with Gasteiger partial charge in [-0.15, -0.1) is 0 Å². The van der Waals surface area contributed by atoms with Crippen molar-refractivity contribution >= 4 is 35.2 Å². The van der Waals surface area contributed by atoms with Gasteiger partial charge >= 0.3 is 0 Å². The molecule has 4 atom stereocenters. The fourth-order valence-corrected chi connectivity index (χ4v) is 6.76. The topological polar surface area (TPSA) is 116 Å². The van der Waals surface area contributed by atoms with Gasteiger partial charge in [-0.05, 0) is 85.4 Å². The number of hydrogen-bond donors (Lipinski definition) is 0. The molecule has 4 unspecified atom stereocenters. The van der Waals surface area contributed by atoms with Crippen LogP contribution in [-0.2, 0) is 14.4 Å². The number of fused-ring (bicyclic) bond motifs is 2.